The molecule has 2 rings (SSSR count). The first kappa shape index (κ1) is 16.2. The molecular formula is C12H11BrCl2NO3P. The topological polar surface area (TPSA) is 70.4 Å². The van der Waals surface area contributed by atoms with Crippen LogP contribution in [0, 0.1) is 0 Å². The molecule has 20 heavy (non-hydrogen) atoms. The van der Waals surface area contributed by atoms with Crippen molar-refractivity contribution in [3.8, 4) is 0 Å². The van der Waals surface area contributed by atoms with Crippen molar-refractivity contribution in [2.75, 3.05) is 0 Å². The van der Waals surface area contributed by atoms with Crippen LogP contribution in [0.3, 0.4) is 0 Å². The molecule has 1 aromatic heterocycles. The summed E-state index contributed by atoms with van der Waals surface area (Å²) in [6.45, 7) is 2.94. The number of benzene rings is 1. The third kappa shape index (κ3) is 2.76. The van der Waals surface area contributed by atoms with Gasteiger partial charge in [0.15, 0.2) is 0 Å². The van der Waals surface area contributed by atoms with E-state index in [9.17, 15) is 14.4 Å². The maximum atomic E-state index is 11.7. The van der Waals surface area contributed by atoms with Gasteiger partial charge in [0.1, 0.15) is 4.60 Å². The molecule has 1 aromatic carbocycles. The molecule has 8 heteroatoms. The summed E-state index contributed by atoms with van der Waals surface area (Å²) >= 11 is 15.1. The van der Waals surface area contributed by atoms with E-state index in [0.29, 0.717) is 31.1 Å². The third-order valence-electron chi connectivity index (χ3n) is 3.20. The zero-order valence-corrected chi connectivity index (χ0v) is 14.6. The monoisotopic (exact) mass is 397 g/mol. The molecule has 0 aliphatic carbocycles. The van der Waals surface area contributed by atoms with Crippen LogP contribution in [-0.2, 0) is 9.72 Å². The Morgan fingerprint density at radius 1 is 1.20 bits per heavy atom. The zero-order valence-electron chi connectivity index (χ0n) is 10.6. The second-order valence-corrected chi connectivity index (χ2v) is 8.66. The molecule has 0 fully saturated rings. The van der Waals surface area contributed by atoms with Crippen LogP contribution in [-0.4, -0.2) is 14.8 Å². The molecule has 0 unspecified atom stereocenters. The van der Waals surface area contributed by atoms with Crippen molar-refractivity contribution in [1.82, 2.24) is 4.98 Å². The van der Waals surface area contributed by atoms with Crippen LogP contribution in [0.15, 0.2) is 22.8 Å². The van der Waals surface area contributed by atoms with Crippen LogP contribution in [0.2, 0.25) is 10.0 Å². The van der Waals surface area contributed by atoms with E-state index in [1.807, 2.05) is 0 Å². The van der Waals surface area contributed by atoms with E-state index in [-0.39, 0.29) is 0 Å². The van der Waals surface area contributed by atoms with Crippen molar-refractivity contribution < 1.29 is 14.4 Å². The molecule has 0 saturated carbocycles. The van der Waals surface area contributed by atoms with Gasteiger partial charge in [0, 0.05) is 10.9 Å². The maximum absolute atomic E-state index is 11.7. The van der Waals surface area contributed by atoms with E-state index in [4.69, 9.17) is 23.2 Å². The Morgan fingerprint density at radius 2 is 1.75 bits per heavy atom. The van der Waals surface area contributed by atoms with E-state index >= 15 is 0 Å². The molecule has 0 radical (unpaired) electrons. The Bertz CT molecular complexity index is 745. The van der Waals surface area contributed by atoms with Crippen molar-refractivity contribution in [2.45, 2.75) is 19.0 Å². The molecule has 108 valence electrons. The summed E-state index contributed by atoms with van der Waals surface area (Å²) in [6.07, 6.45) is 0. The van der Waals surface area contributed by atoms with Crippen molar-refractivity contribution in [1.29, 1.82) is 0 Å². The highest BCUT2D eigenvalue weighted by Gasteiger charge is 2.41. The van der Waals surface area contributed by atoms with Gasteiger partial charge < -0.3 is 9.79 Å². The standard InChI is InChI=1S/C12H11BrCl2NO3P/c1-12(2,20(17,18)19)7-3-6-4-8(14)9(15)5-10(6)16-11(7)13/h3-5H,1-2H3,(H2,17,18,19). The Morgan fingerprint density at radius 3 is 2.30 bits per heavy atom. The third-order valence-corrected chi connectivity index (χ3v) is 6.22. The van der Waals surface area contributed by atoms with Crippen LogP contribution in [0.1, 0.15) is 19.4 Å². The first-order chi connectivity index (χ1) is 9.04. The lowest BCUT2D eigenvalue weighted by molar-refractivity contribution is 0.337. The average Bonchev–Trinajstić information content (AvgIpc) is 2.29. The quantitative estimate of drug-likeness (QED) is 0.567. The minimum Gasteiger partial charge on any atom is -0.324 e. The molecular weight excluding hydrogens is 388 g/mol. The molecule has 2 aromatic rings. The fourth-order valence-electron chi connectivity index (χ4n) is 1.73. The van der Waals surface area contributed by atoms with Gasteiger partial charge in [-0.25, -0.2) is 4.98 Å². The predicted molar refractivity (Wildman–Crippen MR) is 84.5 cm³/mol. The van der Waals surface area contributed by atoms with Crippen molar-refractivity contribution in [3.63, 3.8) is 0 Å². The molecule has 0 saturated heterocycles. The SMILES string of the molecule is CC(C)(c1cc2cc(Cl)c(Cl)cc2nc1Br)P(=O)(O)O. The second-order valence-electron chi connectivity index (χ2n) is 4.89. The normalized spacial score (nSPS) is 12.9. The molecule has 0 atom stereocenters. The van der Waals surface area contributed by atoms with Crippen LogP contribution in [0.5, 0.6) is 0 Å². The summed E-state index contributed by atoms with van der Waals surface area (Å²) < 4.78 is 12.0. The number of hydrogen-bond donors (Lipinski definition) is 2. The summed E-state index contributed by atoms with van der Waals surface area (Å²) in [5, 5.41) is 0.0435. The summed E-state index contributed by atoms with van der Waals surface area (Å²) in [7, 11) is -4.35. The number of fused-ring (bicyclic) bond motifs is 1. The van der Waals surface area contributed by atoms with Gasteiger partial charge in [0.05, 0.1) is 20.7 Å². The molecule has 0 aliphatic rings. The number of nitrogens with zero attached hydrogens (tertiary/aromatic N) is 1. The summed E-state index contributed by atoms with van der Waals surface area (Å²) in [5.74, 6) is 0. The first-order valence-electron chi connectivity index (χ1n) is 5.55. The highest BCUT2D eigenvalue weighted by molar-refractivity contribution is 9.10. The highest BCUT2D eigenvalue weighted by Crippen LogP contribution is 2.57. The van der Waals surface area contributed by atoms with E-state index in [2.05, 4.69) is 20.9 Å². The lowest BCUT2D eigenvalue weighted by Gasteiger charge is -2.27. The number of halogens is 3. The van der Waals surface area contributed by atoms with Crippen molar-refractivity contribution in [3.05, 3.63) is 38.4 Å². The van der Waals surface area contributed by atoms with Gasteiger partial charge in [-0.3, -0.25) is 4.57 Å². The van der Waals surface area contributed by atoms with Crippen LogP contribution >= 0.6 is 46.7 Å². The Kier molecular flexibility index (Phi) is 4.25. The van der Waals surface area contributed by atoms with Crippen LogP contribution in [0.4, 0.5) is 0 Å². The number of aromatic nitrogens is 1. The minimum atomic E-state index is -4.35. The summed E-state index contributed by atoms with van der Waals surface area (Å²) in [4.78, 5) is 23.3. The molecule has 4 nitrogen and oxygen atoms in total. The van der Waals surface area contributed by atoms with Crippen molar-refractivity contribution >= 4 is 57.6 Å². The summed E-state index contributed by atoms with van der Waals surface area (Å²) in [5.41, 5.74) is 1.01. The molecule has 0 bridgehead atoms. The predicted octanol–water partition coefficient (Wildman–Crippen LogP) is 4.72. The van der Waals surface area contributed by atoms with Gasteiger partial charge in [0.25, 0.3) is 0 Å². The van der Waals surface area contributed by atoms with E-state index in [1.54, 1.807) is 18.2 Å². The van der Waals surface area contributed by atoms with Crippen molar-refractivity contribution in [2.24, 2.45) is 0 Å². The number of rotatable bonds is 2. The van der Waals surface area contributed by atoms with E-state index in [1.165, 1.54) is 13.8 Å². The van der Waals surface area contributed by atoms with Gasteiger partial charge in [-0.2, -0.15) is 0 Å². The largest absolute Gasteiger partial charge is 0.335 e. The Hall–Kier alpha value is -0.160. The Balaban J connectivity index is 2.77. The summed E-state index contributed by atoms with van der Waals surface area (Å²) in [6, 6.07) is 4.89. The fraction of sp³-hybridized carbons (Fsp3) is 0.250. The molecule has 0 spiro atoms. The van der Waals surface area contributed by atoms with Gasteiger partial charge in [-0.1, -0.05) is 23.2 Å². The van der Waals surface area contributed by atoms with Gasteiger partial charge >= 0.3 is 7.60 Å². The molecule has 0 amide bonds. The highest BCUT2D eigenvalue weighted by atomic mass is 79.9. The molecule has 2 N–H and O–H groups in total. The fourth-order valence-corrected chi connectivity index (χ4v) is 3.50. The Labute approximate surface area is 134 Å². The van der Waals surface area contributed by atoms with Crippen LogP contribution < -0.4 is 0 Å². The zero-order chi connectivity index (χ0) is 15.3. The van der Waals surface area contributed by atoms with Gasteiger partial charge in [0.2, 0.25) is 0 Å². The van der Waals surface area contributed by atoms with Gasteiger partial charge in [-0.15, -0.1) is 0 Å². The minimum absolute atomic E-state index is 0.364. The molecule has 0 aliphatic heterocycles. The second kappa shape index (κ2) is 5.24. The molecule has 1 heterocycles. The van der Waals surface area contributed by atoms with E-state index < -0.39 is 12.8 Å². The first-order valence-corrected chi connectivity index (χ1v) is 8.71. The lowest BCUT2D eigenvalue weighted by atomic mass is 10.0. The number of hydrogen-bond acceptors (Lipinski definition) is 2. The number of pyridine rings is 1. The van der Waals surface area contributed by atoms with Gasteiger partial charge in [-0.05, 0) is 48.0 Å². The average molecular weight is 399 g/mol. The smallest absolute Gasteiger partial charge is 0.324 e. The van der Waals surface area contributed by atoms with E-state index in [0.717, 1.165) is 0 Å². The lowest BCUT2D eigenvalue weighted by Crippen LogP contribution is -2.18. The van der Waals surface area contributed by atoms with Crippen LogP contribution in [0.25, 0.3) is 10.9 Å². The maximum Gasteiger partial charge on any atom is 0.335 e.